The molecule has 5 nitrogen and oxygen atoms in total. The minimum absolute atomic E-state index is 0.0569. The van der Waals surface area contributed by atoms with Crippen molar-refractivity contribution in [3.63, 3.8) is 0 Å². The van der Waals surface area contributed by atoms with Crippen molar-refractivity contribution < 1.29 is 19.1 Å². The van der Waals surface area contributed by atoms with Crippen molar-refractivity contribution in [1.29, 1.82) is 0 Å². The number of allylic oxidation sites excluding steroid dienone is 3. The summed E-state index contributed by atoms with van der Waals surface area (Å²) in [6, 6.07) is 22.0. The molecular formula is C29H27NO4. The van der Waals surface area contributed by atoms with Gasteiger partial charge in [0.05, 0.1) is 19.8 Å². The lowest BCUT2D eigenvalue weighted by molar-refractivity contribution is -0.136. The van der Waals surface area contributed by atoms with E-state index in [2.05, 4.69) is 5.32 Å². The van der Waals surface area contributed by atoms with Gasteiger partial charge in [-0.05, 0) is 53.3 Å². The third-order valence-corrected chi connectivity index (χ3v) is 6.95. The summed E-state index contributed by atoms with van der Waals surface area (Å²) < 4.78 is 10.5. The molecule has 1 aliphatic carbocycles. The second kappa shape index (κ2) is 8.82. The van der Waals surface area contributed by atoms with Crippen molar-refractivity contribution in [2.24, 2.45) is 0 Å². The van der Waals surface area contributed by atoms with Crippen LogP contribution < -0.4 is 10.1 Å². The highest BCUT2D eigenvalue weighted by Gasteiger charge is 2.41. The smallest absolute Gasteiger partial charge is 0.336 e. The lowest BCUT2D eigenvalue weighted by Crippen LogP contribution is -2.36. The molecule has 1 N–H and O–H groups in total. The zero-order chi connectivity index (χ0) is 23.8. The van der Waals surface area contributed by atoms with Gasteiger partial charge < -0.3 is 14.8 Å². The predicted octanol–water partition coefficient (Wildman–Crippen LogP) is 5.38. The largest absolute Gasteiger partial charge is 0.497 e. The highest BCUT2D eigenvalue weighted by atomic mass is 16.5. The summed E-state index contributed by atoms with van der Waals surface area (Å²) in [4.78, 5) is 26.7. The number of ketones is 1. The summed E-state index contributed by atoms with van der Waals surface area (Å²) in [5.41, 5.74) is 4.83. The molecule has 5 rings (SSSR count). The number of methoxy groups -OCH3 is 2. The second-order valence-electron chi connectivity index (χ2n) is 8.85. The van der Waals surface area contributed by atoms with Gasteiger partial charge in [-0.1, -0.05) is 54.6 Å². The molecule has 5 heteroatoms. The second-order valence-corrected chi connectivity index (χ2v) is 8.85. The molecule has 1 heterocycles. The van der Waals surface area contributed by atoms with E-state index in [1.165, 1.54) is 7.11 Å². The highest BCUT2D eigenvalue weighted by molar-refractivity contribution is 6.05. The molecule has 1 aliphatic heterocycles. The highest BCUT2D eigenvalue weighted by Crippen LogP contribution is 2.47. The quantitative estimate of drug-likeness (QED) is 0.537. The van der Waals surface area contributed by atoms with Crippen LogP contribution in [-0.4, -0.2) is 26.0 Å². The minimum Gasteiger partial charge on any atom is -0.497 e. The first-order valence-corrected chi connectivity index (χ1v) is 11.5. The Labute approximate surface area is 199 Å². The molecule has 2 aliphatic rings. The van der Waals surface area contributed by atoms with E-state index >= 15 is 0 Å². The summed E-state index contributed by atoms with van der Waals surface area (Å²) in [5, 5.41) is 5.50. The number of benzene rings is 3. The van der Waals surface area contributed by atoms with Gasteiger partial charge in [0.15, 0.2) is 5.78 Å². The molecule has 0 spiro atoms. The molecule has 0 saturated carbocycles. The maximum Gasteiger partial charge on any atom is 0.336 e. The Kier molecular flexibility index (Phi) is 5.70. The van der Waals surface area contributed by atoms with Gasteiger partial charge in [-0.25, -0.2) is 4.79 Å². The van der Waals surface area contributed by atoms with Gasteiger partial charge in [-0.15, -0.1) is 0 Å². The van der Waals surface area contributed by atoms with Crippen molar-refractivity contribution in [2.75, 3.05) is 14.2 Å². The van der Waals surface area contributed by atoms with Crippen LogP contribution in [0, 0.1) is 0 Å². The molecule has 0 amide bonds. The number of nitrogens with one attached hydrogen (secondary N) is 1. The minimum atomic E-state index is -0.473. The number of rotatable bonds is 4. The van der Waals surface area contributed by atoms with Crippen LogP contribution in [0.25, 0.3) is 10.8 Å². The number of Topliss-reactive ketones (excluding diaryl/α,β-unsaturated/α-hetero) is 1. The summed E-state index contributed by atoms with van der Waals surface area (Å²) in [6.45, 7) is 1.88. The van der Waals surface area contributed by atoms with Crippen molar-refractivity contribution in [3.05, 3.63) is 100 Å². The summed E-state index contributed by atoms with van der Waals surface area (Å²) in [6.07, 6.45) is 1.09. The Morgan fingerprint density at radius 1 is 0.941 bits per heavy atom. The summed E-state index contributed by atoms with van der Waals surface area (Å²) in [7, 11) is 3.03. The van der Waals surface area contributed by atoms with Crippen LogP contribution in [0.15, 0.2) is 89.3 Å². The number of esters is 1. The van der Waals surface area contributed by atoms with Crippen molar-refractivity contribution in [1.82, 2.24) is 5.32 Å². The maximum absolute atomic E-state index is 13.7. The molecule has 2 atom stereocenters. The van der Waals surface area contributed by atoms with E-state index in [-0.39, 0.29) is 11.7 Å². The molecule has 0 aromatic heterocycles. The fraction of sp³-hybridized carbons (Fsp3) is 0.241. The first-order valence-electron chi connectivity index (χ1n) is 11.5. The van der Waals surface area contributed by atoms with Crippen LogP contribution >= 0.6 is 0 Å². The molecule has 0 radical (unpaired) electrons. The third-order valence-electron chi connectivity index (χ3n) is 6.95. The topological polar surface area (TPSA) is 64.6 Å². The van der Waals surface area contributed by atoms with Crippen LogP contribution in [0.2, 0.25) is 0 Å². The zero-order valence-electron chi connectivity index (χ0n) is 19.6. The molecule has 0 saturated heterocycles. The molecule has 0 fully saturated rings. The van der Waals surface area contributed by atoms with Crippen molar-refractivity contribution in [3.8, 4) is 5.75 Å². The number of hydrogen-bond donors (Lipinski definition) is 1. The predicted molar refractivity (Wildman–Crippen MR) is 132 cm³/mol. The Bertz CT molecular complexity index is 1340. The fourth-order valence-corrected chi connectivity index (χ4v) is 5.34. The molecule has 0 bridgehead atoms. The first kappa shape index (κ1) is 22.0. The van der Waals surface area contributed by atoms with Crippen LogP contribution in [0.4, 0.5) is 0 Å². The number of ether oxygens (including phenoxy) is 2. The number of carbonyl (C=O) groups excluding carboxylic acids is 2. The number of fused-ring (bicyclic) bond motifs is 1. The van der Waals surface area contributed by atoms with E-state index in [0.717, 1.165) is 39.0 Å². The van der Waals surface area contributed by atoms with Gasteiger partial charge in [-0.3, -0.25) is 4.79 Å². The number of dihydropyridines is 1. The van der Waals surface area contributed by atoms with Gasteiger partial charge in [0.2, 0.25) is 0 Å². The van der Waals surface area contributed by atoms with Crippen molar-refractivity contribution >= 4 is 22.5 Å². The third kappa shape index (κ3) is 3.67. The van der Waals surface area contributed by atoms with Crippen LogP contribution in [0.5, 0.6) is 5.75 Å². The summed E-state index contributed by atoms with van der Waals surface area (Å²) >= 11 is 0. The number of carbonyl (C=O) groups is 2. The van der Waals surface area contributed by atoms with Crippen LogP contribution in [-0.2, 0) is 14.3 Å². The van der Waals surface area contributed by atoms with Gasteiger partial charge in [-0.2, -0.15) is 0 Å². The average Bonchev–Trinajstić information content (AvgIpc) is 2.87. The van der Waals surface area contributed by atoms with Gasteiger partial charge in [0.1, 0.15) is 5.75 Å². The van der Waals surface area contributed by atoms with E-state index in [1.807, 2.05) is 73.7 Å². The Morgan fingerprint density at radius 2 is 1.68 bits per heavy atom. The molecule has 34 heavy (non-hydrogen) atoms. The normalized spacial score (nSPS) is 20.1. The van der Waals surface area contributed by atoms with Gasteiger partial charge in [0.25, 0.3) is 0 Å². The van der Waals surface area contributed by atoms with Crippen LogP contribution in [0.1, 0.15) is 42.7 Å². The molecule has 3 aromatic carbocycles. The SMILES string of the molecule is COC(=O)C1=C(C)NC2=C(C(=O)C[C@H](c3ccc(OC)cc3)C2)[C@@H]1c1cccc2ccccc12. The molecular weight excluding hydrogens is 426 g/mol. The van der Waals surface area contributed by atoms with Crippen LogP contribution in [0.3, 0.4) is 0 Å². The lowest BCUT2D eigenvalue weighted by atomic mass is 9.71. The average molecular weight is 454 g/mol. The Morgan fingerprint density at radius 3 is 2.41 bits per heavy atom. The molecule has 3 aromatic rings. The van der Waals surface area contributed by atoms with E-state index < -0.39 is 11.9 Å². The lowest BCUT2D eigenvalue weighted by Gasteiger charge is -2.37. The van der Waals surface area contributed by atoms with E-state index in [1.54, 1.807) is 7.11 Å². The fourth-order valence-electron chi connectivity index (χ4n) is 5.34. The van der Waals surface area contributed by atoms with Crippen molar-refractivity contribution in [2.45, 2.75) is 31.6 Å². The molecule has 0 unspecified atom stereocenters. The van der Waals surface area contributed by atoms with E-state index in [0.29, 0.717) is 24.0 Å². The molecule has 172 valence electrons. The Balaban J connectivity index is 1.64. The van der Waals surface area contributed by atoms with E-state index in [9.17, 15) is 9.59 Å². The monoisotopic (exact) mass is 453 g/mol. The number of hydrogen-bond acceptors (Lipinski definition) is 5. The van der Waals surface area contributed by atoms with Gasteiger partial charge in [0, 0.05) is 29.3 Å². The van der Waals surface area contributed by atoms with E-state index in [4.69, 9.17) is 9.47 Å². The Hall–Kier alpha value is -3.86. The first-order chi connectivity index (χ1) is 16.5. The zero-order valence-corrected chi connectivity index (χ0v) is 19.6. The standard InChI is InChI=1S/C29H27NO4/c1-17-26(29(32)34-3)27(23-10-6-8-19-7-4-5-9-22(19)23)28-24(30-17)15-20(16-25(28)31)18-11-13-21(33-2)14-12-18/h4-14,20,27,30H,15-16H2,1-3H3/t20-,27-/m1/s1. The van der Waals surface area contributed by atoms with Gasteiger partial charge >= 0.3 is 5.97 Å². The maximum atomic E-state index is 13.7. The summed E-state index contributed by atoms with van der Waals surface area (Å²) in [5.74, 6) is 0.0180.